The van der Waals surface area contributed by atoms with Gasteiger partial charge in [-0.05, 0) is 12.5 Å². The Morgan fingerprint density at radius 3 is 2.42 bits per heavy atom. The van der Waals surface area contributed by atoms with E-state index < -0.39 is 5.67 Å². The van der Waals surface area contributed by atoms with E-state index in [2.05, 4.69) is 9.97 Å². The second-order valence-electron chi connectivity index (χ2n) is 3.04. The highest BCUT2D eigenvalue weighted by Crippen LogP contribution is 2.30. The molecule has 4 heteroatoms. The first-order valence-corrected chi connectivity index (χ1v) is 3.76. The van der Waals surface area contributed by atoms with Crippen LogP contribution < -0.4 is 0 Å². The van der Waals surface area contributed by atoms with Gasteiger partial charge in [-0.1, -0.05) is 0 Å². The van der Waals surface area contributed by atoms with Gasteiger partial charge < -0.3 is 4.74 Å². The zero-order chi connectivity index (χ0) is 8.60. The molecule has 64 valence electrons. The molecule has 0 aliphatic carbocycles. The minimum atomic E-state index is -1.44. The molecule has 3 nitrogen and oxygen atoms in total. The van der Waals surface area contributed by atoms with E-state index in [1.54, 1.807) is 12.4 Å². The highest BCUT2D eigenvalue weighted by molar-refractivity contribution is 5.10. The predicted octanol–water partition coefficient (Wildman–Crippen LogP) is 0.980. The molecule has 0 radical (unpaired) electrons. The summed E-state index contributed by atoms with van der Waals surface area (Å²) in [5, 5.41) is 0. The number of alkyl halides is 1. The summed E-state index contributed by atoms with van der Waals surface area (Å²) in [5.41, 5.74) is -0.504. The molecule has 0 amide bonds. The summed E-state index contributed by atoms with van der Waals surface area (Å²) in [5.74, 6) is 0.236. The maximum Gasteiger partial charge on any atom is 0.215 e. The fourth-order valence-corrected chi connectivity index (χ4v) is 1.03. The second-order valence-corrected chi connectivity index (χ2v) is 3.04. The third-order valence-corrected chi connectivity index (χ3v) is 1.84. The highest BCUT2D eigenvalue weighted by atomic mass is 19.1. The molecule has 2 heterocycles. The molecule has 0 spiro atoms. The number of halogens is 1. The molecular weight excluding hydrogens is 159 g/mol. The maximum atomic E-state index is 13.5. The Morgan fingerprint density at radius 2 is 2.00 bits per heavy atom. The normalized spacial score (nSPS) is 20.2. The van der Waals surface area contributed by atoms with E-state index >= 15 is 0 Å². The van der Waals surface area contributed by atoms with Crippen LogP contribution in [-0.2, 0) is 10.4 Å². The average Bonchev–Trinajstić information content (AvgIpc) is 2.02. The van der Waals surface area contributed by atoms with E-state index in [1.165, 1.54) is 0 Å². The summed E-state index contributed by atoms with van der Waals surface area (Å²) in [6.45, 7) is 2.03. The first-order chi connectivity index (χ1) is 5.71. The molecule has 1 aliphatic rings. The first-order valence-electron chi connectivity index (χ1n) is 3.76. The van der Waals surface area contributed by atoms with Gasteiger partial charge in [0.05, 0.1) is 13.2 Å². The van der Waals surface area contributed by atoms with Gasteiger partial charge in [-0.3, -0.25) is 0 Å². The van der Waals surface area contributed by atoms with Crippen molar-refractivity contribution in [2.45, 2.75) is 12.6 Å². The van der Waals surface area contributed by atoms with Crippen LogP contribution in [0.3, 0.4) is 0 Å². The smallest absolute Gasteiger partial charge is 0.215 e. The van der Waals surface area contributed by atoms with Gasteiger partial charge in [0.25, 0.3) is 0 Å². The van der Waals surface area contributed by atoms with Crippen LogP contribution in [0.1, 0.15) is 11.4 Å². The fraction of sp³-hybridized carbons (Fsp3) is 0.500. The van der Waals surface area contributed by atoms with Gasteiger partial charge in [0.1, 0.15) is 0 Å². The first kappa shape index (κ1) is 7.61. The van der Waals surface area contributed by atoms with E-state index in [4.69, 9.17) is 4.74 Å². The molecule has 0 aromatic carbocycles. The average molecular weight is 168 g/mol. The van der Waals surface area contributed by atoms with Crippen molar-refractivity contribution in [2.75, 3.05) is 13.2 Å². The topological polar surface area (TPSA) is 35.0 Å². The SMILES string of the molecule is Cc1cnc(C2(F)COC2)nc1. The maximum absolute atomic E-state index is 13.5. The molecule has 0 N–H and O–H groups in total. The standard InChI is InChI=1S/C8H9FN2O/c1-6-2-10-7(11-3-6)8(9)4-12-5-8/h2-3H,4-5H2,1H3. The number of hydrogen-bond acceptors (Lipinski definition) is 3. The van der Waals surface area contributed by atoms with Crippen LogP contribution in [0.5, 0.6) is 0 Å². The van der Waals surface area contributed by atoms with E-state index in [-0.39, 0.29) is 19.0 Å². The third kappa shape index (κ3) is 1.08. The monoisotopic (exact) mass is 168 g/mol. The van der Waals surface area contributed by atoms with Crippen LogP contribution in [0.2, 0.25) is 0 Å². The second kappa shape index (κ2) is 2.48. The number of ether oxygens (including phenoxy) is 1. The van der Waals surface area contributed by atoms with E-state index in [0.29, 0.717) is 0 Å². The van der Waals surface area contributed by atoms with Gasteiger partial charge in [0.2, 0.25) is 5.67 Å². The molecule has 1 saturated heterocycles. The van der Waals surface area contributed by atoms with Gasteiger partial charge in [-0.25, -0.2) is 14.4 Å². The van der Waals surface area contributed by atoms with Crippen molar-refractivity contribution in [1.82, 2.24) is 9.97 Å². The van der Waals surface area contributed by atoms with Gasteiger partial charge in [-0.2, -0.15) is 0 Å². The summed E-state index contributed by atoms with van der Waals surface area (Å²) in [4.78, 5) is 7.81. The van der Waals surface area contributed by atoms with Crippen LogP contribution in [0.15, 0.2) is 12.4 Å². The van der Waals surface area contributed by atoms with Crippen molar-refractivity contribution in [3.05, 3.63) is 23.8 Å². The molecule has 12 heavy (non-hydrogen) atoms. The molecule has 1 aromatic rings. The van der Waals surface area contributed by atoms with Crippen LogP contribution in [0, 0.1) is 6.92 Å². The molecule has 0 unspecified atom stereocenters. The largest absolute Gasteiger partial charge is 0.374 e. The van der Waals surface area contributed by atoms with Crippen molar-refractivity contribution in [1.29, 1.82) is 0 Å². The Morgan fingerprint density at radius 1 is 1.42 bits per heavy atom. The lowest BCUT2D eigenvalue weighted by atomic mass is 10.0. The number of aromatic nitrogens is 2. The molecule has 2 rings (SSSR count). The third-order valence-electron chi connectivity index (χ3n) is 1.84. The van der Waals surface area contributed by atoms with E-state index in [0.717, 1.165) is 5.56 Å². The molecule has 1 aliphatic heterocycles. The van der Waals surface area contributed by atoms with Crippen LogP contribution >= 0.6 is 0 Å². The van der Waals surface area contributed by atoms with Gasteiger partial charge in [0.15, 0.2) is 5.82 Å². The minimum absolute atomic E-state index is 0.0794. The van der Waals surface area contributed by atoms with Crippen LogP contribution in [0.4, 0.5) is 4.39 Å². The van der Waals surface area contributed by atoms with Crippen molar-refractivity contribution in [3.63, 3.8) is 0 Å². The Hall–Kier alpha value is -1.03. The van der Waals surface area contributed by atoms with Crippen molar-refractivity contribution in [2.24, 2.45) is 0 Å². The highest BCUT2D eigenvalue weighted by Gasteiger charge is 2.43. The predicted molar refractivity (Wildman–Crippen MR) is 40.4 cm³/mol. The number of rotatable bonds is 1. The van der Waals surface area contributed by atoms with Crippen molar-refractivity contribution < 1.29 is 9.13 Å². The lowest BCUT2D eigenvalue weighted by Crippen LogP contribution is -2.43. The zero-order valence-electron chi connectivity index (χ0n) is 6.75. The lowest BCUT2D eigenvalue weighted by molar-refractivity contribution is -0.140. The summed E-state index contributed by atoms with van der Waals surface area (Å²) >= 11 is 0. The van der Waals surface area contributed by atoms with Crippen molar-refractivity contribution in [3.8, 4) is 0 Å². The van der Waals surface area contributed by atoms with Crippen LogP contribution in [-0.4, -0.2) is 23.2 Å². The van der Waals surface area contributed by atoms with Gasteiger partial charge in [0, 0.05) is 12.4 Å². The van der Waals surface area contributed by atoms with Gasteiger partial charge >= 0.3 is 0 Å². The van der Waals surface area contributed by atoms with Gasteiger partial charge in [-0.15, -0.1) is 0 Å². The van der Waals surface area contributed by atoms with E-state index in [9.17, 15) is 4.39 Å². The Balaban J connectivity index is 2.28. The van der Waals surface area contributed by atoms with E-state index in [1.807, 2.05) is 6.92 Å². The summed E-state index contributed by atoms with van der Waals surface area (Å²) in [6, 6.07) is 0. The Bertz CT molecular complexity index is 282. The molecule has 0 saturated carbocycles. The Labute approximate surface area is 69.6 Å². The summed E-state index contributed by atoms with van der Waals surface area (Å²) < 4.78 is 18.3. The molecule has 1 aromatic heterocycles. The number of hydrogen-bond donors (Lipinski definition) is 0. The Kier molecular flexibility index (Phi) is 1.58. The number of aryl methyl sites for hydroxylation is 1. The number of nitrogens with zero attached hydrogens (tertiary/aromatic N) is 2. The quantitative estimate of drug-likeness (QED) is 0.627. The lowest BCUT2D eigenvalue weighted by Gasteiger charge is -2.31. The molecular formula is C8H9FN2O. The van der Waals surface area contributed by atoms with Crippen LogP contribution in [0.25, 0.3) is 0 Å². The zero-order valence-corrected chi connectivity index (χ0v) is 6.75. The van der Waals surface area contributed by atoms with Crippen molar-refractivity contribution >= 4 is 0 Å². The molecule has 1 fully saturated rings. The fourth-order valence-electron chi connectivity index (χ4n) is 1.03. The molecule has 0 bridgehead atoms. The summed E-state index contributed by atoms with van der Waals surface area (Å²) in [7, 11) is 0. The minimum Gasteiger partial charge on any atom is -0.374 e. The molecule has 0 atom stereocenters. The summed E-state index contributed by atoms with van der Waals surface area (Å²) in [6.07, 6.45) is 3.23.